The molecular formula is C20H18N6O2. The number of hydrogen-bond donors (Lipinski definition) is 3. The maximum atomic E-state index is 12.8. The highest BCUT2D eigenvalue weighted by molar-refractivity contribution is 6.04. The highest BCUT2D eigenvalue weighted by atomic mass is 16.3. The Bertz CT molecular complexity index is 1070. The van der Waals surface area contributed by atoms with Crippen LogP contribution in [0.2, 0.25) is 0 Å². The molecule has 1 amide bonds. The molecule has 0 radical (unpaired) electrons. The van der Waals surface area contributed by atoms with Crippen LogP contribution >= 0.6 is 0 Å². The van der Waals surface area contributed by atoms with Crippen molar-refractivity contribution in [2.75, 3.05) is 5.32 Å². The Kier molecular flexibility index (Phi) is 4.69. The number of allylic oxidation sites excluding steroid dienone is 2. The van der Waals surface area contributed by atoms with Gasteiger partial charge in [-0.3, -0.25) is 14.5 Å². The van der Waals surface area contributed by atoms with Crippen LogP contribution in [0.1, 0.15) is 16.2 Å². The number of dihydropyridines is 1. The number of aromatic nitrogens is 4. The zero-order chi connectivity index (χ0) is 19.5. The van der Waals surface area contributed by atoms with E-state index in [2.05, 4.69) is 25.7 Å². The van der Waals surface area contributed by atoms with Gasteiger partial charge < -0.3 is 15.7 Å². The summed E-state index contributed by atoms with van der Waals surface area (Å²) in [6.45, 7) is 0. The van der Waals surface area contributed by atoms with Crippen molar-refractivity contribution in [2.45, 2.75) is 6.23 Å². The van der Waals surface area contributed by atoms with E-state index in [9.17, 15) is 9.90 Å². The quantitative estimate of drug-likeness (QED) is 0.645. The minimum Gasteiger partial charge on any atom is -0.370 e. The molecule has 0 fully saturated rings. The summed E-state index contributed by atoms with van der Waals surface area (Å²) in [5.41, 5.74) is 3.48. The molecule has 0 aliphatic carbocycles. The van der Waals surface area contributed by atoms with E-state index in [1.165, 1.54) is 0 Å². The van der Waals surface area contributed by atoms with Crippen LogP contribution in [0.25, 0.3) is 17.0 Å². The molecule has 4 rings (SSSR count). The van der Waals surface area contributed by atoms with E-state index in [1.54, 1.807) is 60.7 Å². The van der Waals surface area contributed by atoms with Crippen LogP contribution in [0.3, 0.4) is 0 Å². The molecule has 140 valence electrons. The number of pyridine rings is 2. The van der Waals surface area contributed by atoms with E-state index < -0.39 is 6.23 Å². The van der Waals surface area contributed by atoms with E-state index >= 15 is 0 Å². The molecule has 3 aromatic rings. The van der Waals surface area contributed by atoms with Crippen LogP contribution in [0, 0.1) is 0 Å². The van der Waals surface area contributed by atoms with Gasteiger partial charge in [-0.05, 0) is 30.3 Å². The zero-order valence-electron chi connectivity index (χ0n) is 15.1. The maximum Gasteiger partial charge on any atom is 0.274 e. The molecule has 1 aliphatic heterocycles. The van der Waals surface area contributed by atoms with Gasteiger partial charge in [0, 0.05) is 31.2 Å². The van der Waals surface area contributed by atoms with Crippen LogP contribution in [0.4, 0.5) is 5.69 Å². The lowest BCUT2D eigenvalue weighted by molar-refractivity contribution is 0.102. The lowest BCUT2D eigenvalue weighted by Crippen LogP contribution is -2.23. The van der Waals surface area contributed by atoms with E-state index in [0.717, 1.165) is 5.57 Å². The number of rotatable bonds is 4. The second-order valence-electron chi connectivity index (χ2n) is 6.21. The van der Waals surface area contributed by atoms with Crippen molar-refractivity contribution in [1.29, 1.82) is 0 Å². The van der Waals surface area contributed by atoms with Crippen molar-refractivity contribution >= 4 is 17.2 Å². The second kappa shape index (κ2) is 7.45. The summed E-state index contributed by atoms with van der Waals surface area (Å²) >= 11 is 0. The van der Waals surface area contributed by atoms with E-state index in [4.69, 9.17) is 0 Å². The van der Waals surface area contributed by atoms with Crippen molar-refractivity contribution < 1.29 is 9.90 Å². The standard InChI is InChI=1S/C20H18N6O2/c1-26-12-17(19(25-26)15-5-2-3-10-21-15)24-20(28)16-7-4-6-14(23-16)13-8-9-18(27)22-11-13/h2-12,18,22,27H,1H3,(H,24,28). The van der Waals surface area contributed by atoms with Gasteiger partial charge in [-0.25, -0.2) is 4.98 Å². The third-order valence-electron chi connectivity index (χ3n) is 4.13. The maximum absolute atomic E-state index is 12.8. The minimum absolute atomic E-state index is 0.272. The number of anilines is 1. The minimum atomic E-state index is -0.717. The predicted octanol–water partition coefficient (Wildman–Crippen LogP) is 1.95. The molecule has 1 aliphatic rings. The summed E-state index contributed by atoms with van der Waals surface area (Å²) in [5.74, 6) is -0.347. The molecule has 1 atom stereocenters. The average Bonchev–Trinajstić information content (AvgIpc) is 3.09. The largest absolute Gasteiger partial charge is 0.370 e. The molecular weight excluding hydrogens is 356 g/mol. The van der Waals surface area contributed by atoms with Crippen molar-refractivity contribution in [2.24, 2.45) is 7.05 Å². The Morgan fingerprint density at radius 2 is 2.07 bits per heavy atom. The van der Waals surface area contributed by atoms with E-state index in [-0.39, 0.29) is 11.6 Å². The fourth-order valence-corrected chi connectivity index (χ4v) is 2.81. The molecule has 0 spiro atoms. The SMILES string of the molecule is Cn1cc(NC(=O)c2cccc(C3=CNC(O)C=C3)n2)c(-c2ccccn2)n1. The van der Waals surface area contributed by atoms with Crippen LogP contribution in [0.5, 0.6) is 0 Å². The lowest BCUT2D eigenvalue weighted by atomic mass is 10.1. The van der Waals surface area contributed by atoms with E-state index in [1.807, 2.05) is 18.2 Å². The van der Waals surface area contributed by atoms with Crippen molar-refractivity contribution in [3.63, 3.8) is 0 Å². The van der Waals surface area contributed by atoms with Gasteiger partial charge in [0.2, 0.25) is 0 Å². The second-order valence-corrected chi connectivity index (χ2v) is 6.21. The average molecular weight is 374 g/mol. The summed E-state index contributed by atoms with van der Waals surface area (Å²) in [6.07, 6.45) is 7.71. The smallest absolute Gasteiger partial charge is 0.274 e. The first-order chi connectivity index (χ1) is 13.6. The van der Waals surface area contributed by atoms with Crippen LogP contribution in [0.15, 0.2) is 67.1 Å². The number of nitrogens with zero attached hydrogens (tertiary/aromatic N) is 4. The lowest BCUT2D eigenvalue weighted by Gasteiger charge is -2.13. The monoisotopic (exact) mass is 374 g/mol. The highest BCUT2D eigenvalue weighted by Crippen LogP contribution is 2.25. The Hall–Kier alpha value is -3.78. The highest BCUT2D eigenvalue weighted by Gasteiger charge is 2.16. The van der Waals surface area contributed by atoms with Gasteiger partial charge >= 0.3 is 0 Å². The molecule has 3 aromatic heterocycles. The van der Waals surface area contributed by atoms with Crippen LogP contribution < -0.4 is 10.6 Å². The first kappa shape index (κ1) is 17.6. The van der Waals surface area contributed by atoms with Gasteiger partial charge in [-0.2, -0.15) is 5.10 Å². The first-order valence-electron chi connectivity index (χ1n) is 8.66. The molecule has 1 unspecified atom stereocenters. The number of aliphatic hydroxyl groups is 1. The number of aryl methyl sites for hydroxylation is 1. The number of hydrogen-bond acceptors (Lipinski definition) is 6. The Labute approximate surface area is 161 Å². The summed E-state index contributed by atoms with van der Waals surface area (Å²) in [7, 11) is 1.78. The third-order valence-corrected chi connectivity index (χ3v) is 4.13. The van der Waals surface area contributed by atoms with Crippen molar-refractivity contribution in [1.82, 2.24) is 25.1 Å². The fourth-order valence-electron chi connectivity index (χ4n) is 2.81. The number of carbonyl (C=O) groups is 1. The summed E-state index contributed by atoms with van der Waals surface area (Å²) in [6, 6.07) is 10.7. The molecule has 28 heavy (non-hydrogen) atoms. The topological polar surface area (TPSA) is 105 Å². The molecule has 0 saturated heterocycles. The van der Waals surface area contributed by atoms with Gasteiger partial charge in [0.15, 0.2) is 0 Å². The molecule has 4 heterocycles. The fraction of sp³-hybridized carbons (Fsp3) is 0.100. The van der Waals surface area contributed by atoms with Crippen LogP contribution in [-0.2, 0) is 7.05 Å². The predicted molar refractivity (Wildman–Crippen MR) is 105 cm³/mol. The van der Waals surface area contributed by atoms with Gasteiger partial charge in [0.1, 0.15) is 17.6 Å². The van der Waals surface area contributed by atoms with Gasteiger partial charge in [0.05, 0.1) is 17.1 Å². The van der Waals surface area contributed by atoms with Gasteiger partial charge in [0.25, 0.3) is 5.91 Å². The van der Waals surface area contributed by atoms with Gasteiger partial charge in [-0.1, -0.05) is 18.2 Å². The number of amides is 1. The number of nitrogens with one attached hydrogen (secondary N) is 2. The Balaban J connectivity index is 1.59. The normalized spacial score (nSPS) is 15.6. The van der Waals surface area contributed by atoms with E-state index in [0.29, 0.717) is 22.8 Å². The summed E-state index contributed by atoms with van der Waals surface area (Å²) in [4.78, 5) is 21.5. The number of carbonyl (C=O) groups excluding carboxylic acids is 1. The van der Waals surface area contributed by atoms with Crippen molar-refractivity contribution in [3.05, 3.63) is 78.5 Å². The molecule has 0 saturated carbocycles. The Morgan fingerprint density at radius 3 is 2.82 bits per heavy atom. The zero-order valence-corrected chi connectivity index (χ0v) is 15.1. The molecule has 8 nitrogen and oxygen atoms in total. The van der Waals surface area contributed by atoms with Crippen LogP contribution in [-0.4, -0.2) is 37.0 Å². The molecule has 8 heteroatoms. The molecule has 0 aromatic carbocycles. The molecule has 0 bridgehead atoms. The summed E-state index contributed by atoms with van der Waals surface area (Å²) in [5, 5.41) is 19.5. The third kappa shape index (κ3) is 3.67. The Morgan fingerprint density at radius 1 is 1.21 bits per heavy atom. The molecule has 3 N–H and O–H groups in total. The van der Waals surface area contributed by atoms with Gasteiger partial charge in [-0.15, -0.1) is 0 Å². The number of aliphatic hydroxyl groups excluding tert-OH is 1. The van der Waals surface area contributed by atoms with Crippen molar-refractivity contribution in [3.8, 4) is 11.4 Å². The summed E-state index contributed by atoms with van der Waals surface area (Å²) < 4.78 is 1.62. The first-order valence-corrected chi connectivity index (χ1v) is 8.66.